The molecule has 0 radical (unpaired) electrons. The van der Waals surface area contributed by atoms with Crippen molar-refractivity contribution in [1.82, 2.24) is 4.98 Å². The molecule has 4 heteroatoms. The minimum Gasteiger partial charge on any atom is -0.393 e. The van der Waals surface area contributed by atoms with E-state index < -0.39 is 0 Å². The fourth-order valence-corrected chi connectivity index (χ4v) is 14.4. The van der Waals surface area contributed by atoms with E-state index in [2.05, 4.69) is 57.0 Å². The second-order valence-corrected chi connectivity index (χ2v) is 18.9. The summed E-state index contributed by atoms with van der Waals surface area (Å²) in [4.78, 5) is 4.38. The van der Waals surface area contributed by atoms with Gasteiger partial charge in [0.2, 0.25) is 0 Å². The minimum atomic E-state index is -0.106. The Hall–Kier alpha value is -1.49. The first-order chi connectivity index (χ1) is 22.5. The fraction of sp³-hybridized carbons (Fsp3) is 0.791. The van der Waals surface area contributed by atoms with Crippen molar-refractivity contribution >= 4 is 5.57 Å². The van der Waals surface area contributed by atoms with Crippen LogP contribution in [0, 0.1) is 63.1 Å². The van der Waals surface area contributed by atoms with Crippen LogP contribution in [0.2, 0.25) is 0 Å². The molecule has 0 aromatic carbocycles. The summed E-state index contributed by atoms with van der Waals surface area (Å²) in [5.41, 5.74) is 5.76. The van der Waals surface area contributed by atoms with Crippen LogP contribution < -0.4 is 0 Å². The van der Waals surface area contributed by atoms with E-state index in [-0.39, 0.29) is 23.7 Å². The molecule has 1 heterocycles. The molecular weight excluding hydrogens is 578 g/mol. The summed E-state index contributed by atoms with van der Waals surface area (Å²) in [6, 6.07) is 4.31. The van der Waals surface area contributed by atoms with Gasteiger partial charge in [-0.3, -0.25) is 4.98 Å². The third-order valence-electron chi connectivity index (χ3n) is 17.2. The molecule has 0 aliphatic heterocycles. The number of aromatic nitrogens is 1. The van der Waals surface area contributed by atoms with Gasteiger partial charge < -0.3 is 15.3 Å². The van der Waals surface area contributed by atoms with Crippen LogP contribution in [0.1, 0.15) is 136 Å². The van der Waals surface area contributed by atoms with Crippen molar-refractivity contribution in [3.8, 4) is 0 Å². The summed E-state index contributed by atoms with van der Waals surface area (Å²) in [6.07, 6.45) is 27.7. The molecule has 0 amide bonds. The smallest absolute Gasteiger partial charge is 0.0596 e. The summed E-state index contributed by atoms with van der Waals surface area (Å²) in [5, 5.41) is 30.7. The number of rotatable bonds is 1. The van der Waals surface area contributed by atoms with E-state index in [1.54, 1.807) is 11.1 Å². The van der Waals surface area contributed by atoms with E-state index in [1.165, 1.54) is 76.2 Å². The predicted molar refractivity (Wildman–Crippen MR) is 189 cm³/mol. The second-order valence-electron chi connectivity index (χ2n) is 18.9. The molecule has 0 saturated heterocycles. The molecule has 1 aromatic heterocycles. The zero-order chi connectivity index (χ0) is 32.8. The molecular formula is C43H63NO3. The van der Waals surface area contributed by atoms with Gasteiger partial charge in [-0.25, -0.2) is 0 Å². The second kappa shape index (κ2) is 11.8. The molecule has 3 N–H and O–H groups in total. The van der Waals surface area contributed by atoms with Gasteiger partial charge in [0.1, 0.15) is 0 Å². The molecule has 0 spiro atoms. The van der Waals surface area contributed by atoms with Gasteiger partial charge in [0.05, 0.1) is 18.3 Å². The minimum absolute atomic E-state index is 0.0400. The van der Waals surface area contributed by atoms with Crippen LogP contribution in [-0.4, -0.2) is 38.6 Å². The van der Waals surface area contributed by atoms with Crippen molar-refractivity contribution in [2.24, 2.45) is 63.1 Å². The fourth-order valence-electron chi connectivity index (χ4n) is 14.4. The lowest BCUT2D eigenvalue weighted by Gasteiger charge is -2.60. The molecule has 14 atom stereocenters. The van der Waals surface area contributed by atoms with E-state index in [1.807, 2.05) is 12.4 Å². The summed E-state index contributed by atoms with van der Waals surface area (Å²) >= 11 is 0. The summed E-state index contributed by atoms with van der Waals surface area (Å²) < 4.78 is 0. The largest absolute Gasteiger partial charge is 0.393 e. The maximum Gasteiger partial charge on any atom is 0.0596 e. The Morgan fingerprint density at radius 2 is 1.40 bits per heavy atom. The number of aliphatic hydroxyl groups is 3. The Morgan fingerprint density at radius 1 is 0.660 bits per heavy atom. The summed E-state index contributed by atoms with van der Waals surface area (Å²) in [6.45, 7) is 9.93. The normalized spacial score (nSPS) is 51.4. The van der Waals surface area contributed by atoms with Crippen LogP contribution in [0.15, 0.2) is 42.3 Å². The van der Waals surface area contributed by atoms with Crippen molar-refractivity contribution in [1.29, 1.82) is 0 Å². The maximum atomic E-state index is 10.5. The maximum absolute atomic E-state index is 10.5. The molecule has 7 unspecified atom stereocenters. The Kier molecular flexibility index (Phi) is 8.21. The Morgan fingerprint density at radius 3 is 2.21 bits per heavy atom. The molecule has 6 fully saturated rings. The van der Waals surface area contributed by atoms with Crippen molar-refractivity contribution in [2.45, 2.75) is 149 Å². The van der Waals surface area contributed by atoms with Crippen LogP contribution in [0.25, 0.3) is 5.57 Å². The Bertz CT molecular complexity index is 1390. The van der Waals surface area contributed by atoms with Crippen LogP contribution in [-0.2, 0) is 0 Å². The van der Waals surface area contributed by atoms with Gasteiger partial charge in [0.15, 0.2) is 0 Å². The molecule has 4 nitrogen and oxygen atoms in total. The van der Waals surface area contributed by atoms with Crippen LogP contribution >= 0.6 is 0 Å². The lowest BCUT2D eigenvalue weighted by molar-refractivity contribution is -0.133. The first-order valence-electron chi connectivity index (χ1n) is 19.8. The summed E-state index contributed by atoms with van der Waals surface area (Å²) in [5.74, 6) is 5.56. The van der Waals surface area contributed by atoms with E-state index in [0.717, 1.165) is 73.5 Å². The van der Waals surface area contributed by atoms with E-state index >= 15 is 0 Å². The molecule has 9 rings (SSSR count). The van der Waals surface area contributed by atoms with Gasteiger partial charge in [0, 0.05) is 12.4 Å². The first kappa shape index (κ1) is 32.7. The van der Waals surface area contributed by atoms with Crippen LogP contribution in [0.3, 0.4) is 0 Å². The number of nitrogens with zero attached hydrogens (tertiary/aromatic N) is 1. The molecule has 6 saturated carbocycles. The standard InChI is InChI=1S/C24H31NO.C19H32O2/c1-23-11-9-18(26)14-17(23)5-6-19-21-8-7-20(16-4-3-13-25-15-16)24(21,2)12-10-22(19)23;1-18-9-7-13(20)11-12(18)3-4-14-15-5-6-17(21)19(15,2)10-8-16(14)18/h3-5,7,13,15,18-19,21-22,26H,6,8-12,14H2,1-2H3;12-17,20-21H,3-11H2,1-2H3/t18-,19-,21-,22-,23-,24+;12?,13?,14?,15?,16?,17-,18?,19?/m00/s1. The summed E-state index contributed by atoms with van der Waals surface area (Å²) in [7, 11) is 0. The lowest BCUT2D eigenvalue weighted by atomic mass is 9.45. The number of hydrogen-bond donors (Lipinski definition) is 3. The molecule has 47 heavy (non-hydrogen) atoms. The zero-order valence-electron chi connectivity index (χ0n) is 29.8. The number of fused-ring (bicyclic) bond motifs is 10. The Labute approximate surface area is 284 Å². The average Bonchev–Trinajstić information content (AvgIpc) is 3.58. The van der Waals surface area contributed by atoms with Crippen molar-refractivity contribution < 1.29 is 15.3 Å². The highest BCUT2D eigenvalue weighted by Crippen LogP contribution is 2.67. The van der Waals surface area contributed by atoms with Crippen molar-refractivity contribution in [3.05, 3.63) is 47.8 Å². The van der Waals surface area contributed by atoms with Crippen molar-refractivity contribution in [3.63, 3.8) is 0 Å². The van der Waals surface area contributed by atoms with Gasteiger partial charge in [-0.1, -0.05) is 51.5 Å². The number of aliphatic hydroxyl groups excluding tert-OH is 3. The van der Waals surface area contributed by atoms with Gasteiger partial charge in [-0.2, -0.15) is 0 Å². The topological polar surface area (TPSA) is 73.6 Å². The quantitative estimate of drug-likeness (QED) is 0.268. The molecule has 8 aliphatic rings. The molecule has 1 aromatic rings. The molecule has 0 bridgehead atoms. The zero-order valence-corrected chi connectivity index (χ0v) is 29.8. The molecule has 258 valence electrons. The number of pyridine rings is 1. The van der Waals surface area contributed by atoms with Gasteiger partial charge >= 0.3 is 0 Å². The van der Waals surface area contributed by atoms with E-state index in [0.29, 0.717) is 16.2 Å². The van der Waals surface area contributed by atoms with Crippen LogP contribution in [0.5, 0.6) is 0 Å². The predicted octanol–water partition coefficient (Wildman–Crippen LogP) is 9.15. The van der Waals surface area contributed by atoms with Gasteiger partial charge in [0.25, 0.3) is 0 Å². The first-order valence-corrected chi connectivity index (χ1v) is 19.8. The highest BCUT2D eigenvalue weighted by molar-refractivity contribution is 5.72. The average molecular weight is 642 g/mol. The third-order valence-corrected chi connectivity index (χ3v) is 17.2. The van der Waals surface area contributed by atoms with Crippen molar-refractivity contribution in [2.75, 3.05) is 0 Å². The number of allylic oxidation sites excluding steroid dienone is 3. The SMILES string of the molecule is CC12CCC(O)CC1CCC1C2CCC2(C)C1CC[C@@H]2O.C[C@]12CC[C@H](O)CC1=CC[C@@H]1[C@@H]2CC[C@]2(C)C(c3cccnc3)=CC[C@@H]12. The highest BCUT2D eigenvalue weighted by Gasteiger charge is 2.60. The van der Waals surface area contributed by atoms with E-state index in [9.17, 15) is 15.3 Å². The number of hydrogen-bond acceptors (Lipinski definition) is 4. The molecule has 8 aliphatic carbocycles. The monoisotopic (exact) mass is 641 g/mol. The highest BCUT2D eigenvalue weighted by atomic mass is 16.3. The van der Waals surface area contributed by atoms with Crippen LogP contribution in [0.4, 0.5) is 0 Å². The van der Waals surface area contributed by atoms with Gasteiger partial charge in [-0.15, -0.1) is 0 Å². The van der Waals surface area contributed by atoms with Gasteiger partial charge in [-0.05, 0) is 183 Å². The lowest BCUT2D eigenvalue weighted by Crippen LogP contribution is -2.54. The Balaban J connectivity index is 0.000000141. The third kappa shape index (κ3) is 5.03. The van der Waals surface area contributed by atoms with E-state index in [4.69, 9.17) is 0 Å².